The highest BCUT2D eigenvalue weighted by Gasteiger charge is 2.55. The number of hydrogen-bond donors (Lipinski definition) is 5. The van der Waals surface area contributed by atoms with Gasteiger partial charge in [-0.2, -0.15) is 0 Å². The normalized spacial score (nSPS) is 22.1. The number of phosphoric acid groups is 3. The van der Waals surface area contributed by atoms with E-state index in [4.69, 9.17) is 10.5 Å². The molecule has 24 nitrogen and oxygen atoms in total. The smallest absolute Gasteiger partial charge is 0.274 e. The van der Waals surface area contributed by atoms with Crippen LogP contribution in [0.25, 0.3) is 11.2 Å². The summed E-state index contributed by atoms with van der Waals surface area (Å²) in [4.78, 5) is 97.8. The number of thioether (sulfide) groups is 2. The van der Waals surface area contributed by atoms with Crippen LogP contribution >= 0.6 is 47.0 Å². The number of nitrogens with one attached hydrogen (secondary N) is 2. The molecular weight excluding hydrogens is 911 g/mol. The largest absolute Gasteiger partial charge is 0.790 e. The maximum atomic E-state index is 12.6. The quantitative estimate of drug-likeness (QED) is 0.0318. The number of nitrogen functional groups attached to an aromatic ring is 1. The number of rotatable bonds is 23. The van der Waals surface area contributed by atoms with Gasteiger partial charge in [-0.05, 0) is 25.1 Å². The second kappa shape index (κ2) is 21.5. The van der Waals surface area contributed by atoms with E-state index in [1.54, 1.807) is 17.8 Å². The number of phosphoric ester groups is 3. The number of aromatic nitrogens is 4. The second-order valence-corrected chi connectivity index (χ2v) is 20.0. The lowest BCUT2D eigenvalue weighted by atomic mass is 9.87. The van der Waals surface area contributed by atoms with Crippen LogP contribution in [0.3, 0.4) is 0 Å². The van der Waals surface area contributed by atoms with Crippen LogP contribution in [-0.2, 0) is 56.4 Å². The first kappa shape index (κ1) is 50.5. The van der Waals surface area contributed by atoms with E-state index in [0.29, 0.717) is 11.5 Å². The van der Waals surface area contributed by atoms with Gasteiger partial charge in [0.2, 0.25) is 16.9 Å². The molecule has 6 N–H and O–H groups in total. The number of carbonyl (C=O) groups is 3. The van der Waals surface area contributed by atoms with Crippen molar-refractivity contribution >= 4 is 80.9 Å². The highest BCUT2D eigenvalue weighted by atomic mass is 32.2. The van der Waals surface area contributed by atoms with Gasteiger partial charge >= 0.3 is 0 Å². The molecule has 3 heterocycles. The zero-order valence-electron chi connectivity index (χ0n) is 32.5. The van der Waals surface area contributed by atoms with E-state index in [2.05, 4.69) is 43.5 Å². The summed E-state index contributed by atoms with van der Waals surface area (Å²) in [6.07, 6.45) is -2.92. The maximum absolute atomic E-state index is 12.6. The monoisotopic (exact) mass is 953 g/mol. The summed E-state index contributed by atoms with van der Waals surface area (Å²) in [6, 6.07) is 9.66. The third-order valence-corrected chi connectivity index (χ3v) is 13.4. The molecule has 338 valence electrons. The minimum absolute atomic E-state index is 0.0332. The topological polar surface area (TPSA) is 375 Å². The van der Waals surface area contributed by atoms with Gasteiger partial charge in [-0.25, -0.2) is 19.3 Å². The summed E-state index contributed by atoms with van der Waals surface area (Å²) in [5.41, 5.74) is 2.01. The fourth-order valence-electron chi connectivity index (χ4n) is 5.43. The molecule has 1 aliphatic rings. The lowest BCUT2D eigenvalue weighted by Crippen LogP contribution is -2.46. The third-order valence-electron chi connectivity index (χ3n) is 8.55. The van der Waals surface area contributed by atoms with Crippen molar-refractivity contribution in [2.75, 3.05) is 43.5 Å². The first-order chi connectivity index (χ1) is 28.4. The van der Waals surface area contributed by atoms with Crippen molar-refractivity contribution in [1.29, 1.82) is 0 Å². The van der Waals surface area contributed by atoms with Crippen molar-refractivity contribution in [3.8, 4) is 0 Å². The summed E-state index contributed by atoms with van der Waals surface area (Å²) in [5.74, 6) is -0.670. The molecule has 7 unspecified atom stereocenters. The molecule has 0 bridgehead atoms. The first-order valence-corrected chi connectivity index (χ1v) is 24.1. The van der Waals surface area contributed by atoms with E-state index in [1.807, 2.05) is 30.3 Å². The average Bonchev–Trinajstić information content (AvgIpc) is 3.72. The highest BCUT2D eigenvalue weighted by molar-refractivity contribution is 8.14. The number of aliphatic hydroxyl groups is 2. The molecule has 29 heteroatoms. The molecule has 4 rings (SSSR count). The van der Waals surface area contributed by atoms with Crippen LogP contribution in [0.5, 0.6) is 0 Å². The van der Waals surface area contributed by atoms with Gasteiger partial charge in [0.05, 0.1) is 27.4 Å². The lowest BCUT2D eigenvalue weighted by Gasteiger charge is -2.36. The number of aliphatic hydroxyl groups excluding tert-OH is 2. The molecule has 0 spiro atoms. The van der Waals surface area contributed by atoms with E-state index in [1.165, 1.54) is 26.8 Å². The number of imidazole rings is 1. The molecule has 1 fully saturated rings. The number of benzene rings is 1. The Morgan fingerprint density at radius 3 is 2.44 bits per heavy atom. The number of anilines is 1. The van der Waals surface area contributed by atoms with Gasteiger partial charge in [0, 0.05) is 41.3 Å². The standard InChI is InChI=1S/C32H46N7O17P3S2/c1-31(2,27(43)30(44)35-12-11-22(40)34-13-15-61-23(41)10-7-14-60-20-8-5-4-6-9-20)17-53-59(50,51)56-58(48,49)52-16-21-25(55-57(45,46)47)26(42)32(3,54-21)39-19-38-24-28(33)36-18-37-29(24)39/h4-10,18-19,21,25-27,42-43H,11-17H2,1-3H3,(H,34,40)(H,35,44)(H,48,49)(H,50,51)(H2,33,36,37)(H2,45,46,47)/p-4. The lowest BCUT2D eigenvalue weighted by molar-refractivity contribution is -0.347. The molecular formula is C32H42N7O17P3S2-4. The van der Waals surface area contributed by atoms with Crippen LogP contribution in [0.15, 0.2) is 60.0 Å². The number of hydrogen-bond acceptors (Lipinski definition) is 23. The van der Waals surface area contributed by atoms with Crippen molar-refractivity contribution < 1.29 is 80.5 Å². The fourth-order valence-corrected chi connectivity index (χ4v) is 9.48. The highest BCUT2D eigenvalue weighted by Crippen LogP contribution is 2.56. The molecule has 0 aliphatic carbocycles. The minimum atomic E-state index is -5.94. The number of nitrogens with zero attached hydrogens (tertiary/aromatic N) is 4. The molecule has 0 radical (unpaired) electrons. The molecule has 0 saturated carbocycles. The van der Waals surface area contributed by atoms with Gasteiger partial charge in [0.1, 0.15) is 36.3 Å². The van der Waals surface area contributed by atoms with Crippen molar-refractivity contribution in [3.05, 3.63) is 55.1 Å². The summed E-state index contributed by atoms with van der Waals surface area (Å²) in [5, 5.41) is 26.4. The van der Waals surface area contributed by atoms with E-state index < -0.39 is 84.1 Å². The van der Waals surface area contributed by atoms with Crippen molar-refractivity contribution in [1.82, 2.24) is 30.2 Å². The van der Waals surface area contributed by atoms with Gasteiger partial charge in [0.25, 0.3) is 15.6 Å². The maximum Gasteiger partial charge on any atom is 0.274 e. The predicted octanol–water partition coefficient (Wildman–Crippen LogP) is -1.34. The van der Waals surface area contributed by atoms with Crippen molar-refractivity contribution in [2.45, 2.75) is 62.2 Å². The van der Waals surface area contributed by atoms with E-state index in [9.17, 15) is 57.9 Å². The SMILES string of the molecule is CC(C)(COP(=O)([O-])OP(=O)([O-])OCC1OC(C)(n2cnc3c(N)ncnc32)C(O)C1OP(=O)([O-])[O-])C(O)C(=O)NCCC(=O)NCCSC(=O)C=CCSc1ccccc1. The van der Waals surface area contributed by atoms with E-state index >= 15 is 0 Å². The predicted molar refractivity (Wildman–Crippen MR) is 209 cm³/mol. The minimum Gasteiger partial charge on any atom is -0.790 e. The Balaban J connectivity index is 1.20. The first-order valence-electron chi connectivity index (χ1n) is 17.8. The third kappa shape index (κ3) is 15.0. The summed E-state index contributed by atoms with van der Waals surface area (Å²) in [6.45, 7) is 1.20. The number of ether oxygens (including phenoxy) is 1. The molecule has 2 aromatic heterocycles. The van der Waals surface area contributed by atoms with Crippen LogP contribution in [0.4, 0.5) is 5.82 Å². The Morgan fingerprint density at radius 2 is 1.75 bits per heavy atom. The van der Waals surface area contributed by atoms with Crippen LogP contribution in [0.1, 0.15) is 27.2 Å². The molecule has 7 atom stereocenters. The Kier molecular flexibility index (Phi) is 17.8. The van der Waals surface area contributed by atoms with Crippen molar-refractivity contribution in [2.24, 2.45) is 5.41 Å². The van der Waals surface area contributed by atoms with E-state index in [-0.39, 0.29) is 41.6 Å². The number of fused-ring (bicyclic) bond motifs is 1. The Labute approximate surface area is 356 Å². The zero-order chi connectivity index (χ0) is 45.2. The van der Waals surface area contributed by atoms with Gasteiger partial charge in [-0.1, -0.05) is 49.9 Å². The molecule has 1 aliphatic heterocycles. The van der Waals surface area contributed by atoms with Crippen LogP contribution < -0.4 is 35.9 Å². The van der Waals surface area contributed by atoms with Gasteiger partial charge < -0.3 is 69.0 Å². The van der Waals surface area contributed by atoms with Crippen LogP contribution in [0.2, 0.25) is 0 Å². The van der Waals surface area contributed by atoms with Crippen molar-refractivity contribution in [3.63, 3.8) is 0 Å². The average molecular weight is 954 g/mol. The van der Waals surface area contributed by atoms with E-state index in [0.717, 1.165) is 33.9 Å². The fraction of sp³-hybridized carbons (Fsp3) is 0.500. The number of carbonyl (C=O) groups excluding carboxylic acids is 3. The second-order valence-electron chi connectivity index (χ2n) is 13.7. The molecule has 1 aromatic carbocycles. The van der Waals surface area contributed by atoms with Crippen LogP contribution in [-0.4, -0.2) is 109 Å². The number of nitrogens with two attached hydrogens (primary N) is 1. The zero-order valence-corrected chi connectivity index (χ0v) is 36.8. The van der Waals surface area contributed by atoms with Gasteiger partial charge in [-0.15, -0.1) is 11.8 Å². The van der Waals surface area contributed by atoms with Gasteiger partial charge in [-0.3, -0.25) is 28.1 Å². The Morgan fingerprint density at radius 1 is 1.07 bits per heavy atom. The molecule has 2 amide bonds. The summed E-state index contributed by atoms with van der Waals surface area (Å²) < 4.78 is 61.2. The molecule has 61 heavy (non-hydrogen) atoms. The Bertz CT molecular complexity index is 2180. The summed E-state index contributed by atoms with van der Waals surface area (Å²) >= 11 is 2.58. The Hall–Kier alpha value is -3.13. The molecule has 3 aromatic rings. The molecule has 1 saturated heterocycles. The van der Waals surface area contributed by atoms with Crippen LogP contribution in [0, 0.1) is 5.41 Å². The van der Waals surface area contributed by atoms with Gasteiger partial charge in [0.15, 0.2) is 17.2 Å². The summed E-state index contributed by atoms with van der Waals surface area (Å²) in [7, 11) is -17.7. The number of amides is 2.